The van der Waals surface area contributed by atoms with Gasteiger partial charge in [-0.05, 0) is 30.7 Å². The van der Waals surface area contributed by atoms with Crippen LogP contribution in [0.5, 0.6) is 0 Å². The molecule has 19 heavy (non-hydrogen) atoms. The van der Waals surface area contributed by atoms with Gasteiger partial charge in [-0.25, -0.2) is 8.42 Å². The number of alkyl halides is 3. The van der Waals surface area contributed by atoms with E-state index < -0.39 is 40.5 Å². The molecule has 8 heteroatoms. The van der Waals surface area contributed by atoms with E-state index in [1.807, 2.05) is 0 Å². The lowest BCUT2D eigenvalue weighted by Crippen LogP contribution is -2.14. The fourth-order valence-corrected chi connectivity index (χ4v) is 2.72. The van der Waals surface area contributed by atoms with Crippen molar-refractivity contribution in [3.8, 4) is 0 Å². The van der Waals surface area contributed by atoms with Crippen molar-refractivity contribution in [1.29, 1.82) is 0 Å². The number of nitrogens with two attached hydrogens (primary N) is 1. The average molecular weight is 295 g/mol. The Morgan fingerprint density at radius 3 is 2.11 bits per heavy atom. The fraction of sp³-hybridized carbons (Fsp3) is 0.364. The Kier molecular flexibility index (Phi) is 4.56. The molecule has 1 amide bonds. The molecule has 2 N–H and O–H groups in total. The Morgan fingerprint density at radius 2 is 1.68 bits per heavy atom. The van der Waals surface area contributed by atoms with Crippen LogP contribution in [-0.2, 0) is 9.84 Å². The van der Waals surface area contributed by atoms with Crippen LogP contribution in [0.15, 0.2) is 29.2 Å². The van der Waals surface area contributed by atoms with Gasteiger partial charge in [-0.2, -0.15) is 13.2 Å². The summed E-state index contributed by atoms with van der Waals surface area (Å²) in [6.07, 6.45) is -6.01. The Balaban J connectivity index is 2.75. The zero-order chi connectivity index (χ0) is 14.7. The number of rotatable bonds is 5. The fourth-order valence-electron chi connectivity index (χ4n) is 1.41. The number of primary amides is 1. The van der Waals surface area contributed by atoms with Crippen LogP contribution >= 0.6 is 0 Å². The third-order valence-corrected chi connectivity index (χ3v) is 4.19. The van der Waals surface area contributed by atoms with Crippen LogP contribution in [0.4, 0.5) is 13.2 Å². The van der Waals surface area contributed by atoms with Crippen LogP contribution in [0.2, 0.25) is 0 Å². The van der Waals surface area contributed by atoms with E-state index in [4.69, 9.17) is 5.73 Å². The maximum atomic E-state index is 11.9. The predicted octanol–water partition coefficient (Wildman–Crippen LogP) is 1.90. The van der Waals surface area contributed by atoms with Gasteiger partial charge in [0.25, 0.3) is 0 Å². The summed E-state index contributed by atoms with van der Waals surface area (Å²) in [6.45, 7) is 0. The molecule has 0 aliphatic rings. The highest BCUT2D eigenvalue weighted by Gasteiger charge is 2.27. The smallest absolute Gasteiger partial charge is 0.366 e. The molecule has 106 valence electrons. The van der Waals surface area contributed by atoms with E-state index in [9.17, 15) is 26.4 Å². The Morgan fingerprint density at radius 1 is 1.16 bits per heavy atom. The first-order valence-electron chi connectivity index (χ1n) is 5.31. The van der Waals surface area contributed by atoms with E-state index in [2.05, 4.69) is 0 Å². The predicted molar refractivity (Wildman–Crippen MR) is 62.3 cm³/mol. The van der Waals surface area contributed by atoms with Crippen molar-refractivity contribution in [1.82, 2.24) is 0 Å². The maximum absolute atomic E-state index is 11.9. The van der Waals surface area contributed by atoms with E-state index in [1.165, 1.54) is 12.1 Å². The maximum Gasteiger partial charge on any atom is 0.389 e. The van der Waals surface area contributed by atoms with Gasteiger partial charge in [0.2, 0.25) is 5.91 Å². The van der Waals surface area contributed by atoms with Crippen molar-refractivity contribution in [2.45, 2.75) is 23.9 Å². The number of benzene rings is 1. The van der Waals surface area contributed by atoms with E-state index in [-0.39, 0.29) is 10.5 Å². The number of amides is 1. The highest BCUT2D eigenvalue weighted by atomic mass is 32.2. The van der Waals surface area contributed by atoms with E-state index >= 15 is 0 Å². The van der Waals surface area contributed by atoms with Gasteiger partial charge in [-0.15, -0.1) is 0 Å². The van der Waals surface area contributed by atoms with Gasteiger partial charge >= 0.3 is 6.18 Å². The molecular weight excluding hydrogens is 283 g/mol. The summed E-state index contributed by atoms with van der Waals surface area (Å²) >= 11 is 0. The summed E-state index contributed by atoms with van der Waals surface area (Å²) in [6, 6.07) is 4.75. The monoisotopic (exact) mass is 295 g/mol. The van der Waals surface area contributed by atoms with E-state index in [0.29, 0.717) is 0 Å². The minimum atomic E-state index is -4.37. The van der Waals surface area contributed by atoms with Gasteiger partial charge in [0.15, 0.2) is 9.84 Å². The van der Waals surface area contributed by atoms with Crippen molar-refractivity contribution >= 4 is 15.7 Å². The molecule has 0 bridgehead atoms. The van der Waals surface area contributed by atoms with Crippen LogP contribution in [0, 0.1) is 0 Å². The number of hydrogen-bond acceptors (Lipinski definition) is 3. The summed E-state index contributed by atoms with van der Waals surface area (Å²) in [5, 5.41) is 0. The standard InChI is InChI=1S/C11H12F3NO3S/c12-11(13,14)6-1-7-19(17,18)9-4-2-8(3-5-9)10(15)16/h2-5H,1,6-7H2,(H2,15,16). The zero-order valence-electron chi connectivity index (χ0n) is 9.77. The lowest BCUT2D eigenvalue weighted by Gasteiger charge is -2.07. The number of sulfone groups is 1. The lowest BCUT2D eigenvalue weighted by atomic mass is 10.2. The molecule has 0 heterocycles. The summed E-state index contributed by atoms with van der Waals surface area (Å²) in [5.74, 6) is -1.30. The van der Waals surface area contributed by atoms with Gasteiger partial charge in [0, 0.05) is 12.0 Å². The number of carbonyl (C=O) groups excluding carboxylic acids is 1. The first kappa shape index (κ1) is 15.5. The van der Waals surface area contributed by atoms with Crippen molar-refractivity contribution in [2.75, 3.05) is 5.75 Å². The van der Waals surface area contributed by atoms with Crippen LogP contribution in [0.3, 0.4) is 0 Å². The van der Waals surface area contributed by atoms with Crippen molar-refractivity contribution < 1.29 is 26.4 Å². The van der Waals surface area contributed by atoms with E-state index in [1.54, 1.807) is 0 Å². The van der Waals surface area contributed by atoms with E-state index in [0.717, 1.165) is 12.1 Å². The number of halogens is 3. The topological polar surface area (TPSA) is 77.2 Å². The highest BCUT2D eigenvalue weighted by molar-refractivity contribution is 7.91. The van der Waals surface area contributed by atoms with Gasteiger partial charge in [0.05, 0.1) is 10.6 Å². The molecule has 0 saturated carbocycles. The third kappa shape index (κ3) is 4.90. The molecule has 1 aromatic carbocycles. The molecule has 0 aliphatic carbocycles. The second kappa shape index (κ2) is 5.60. The second-order valence-corrected chi connectivity index (χ2v) is 6.04. The average Bonchev–Trinajstić information content (AvgIpc) is 2.27. The SMILES string of the molecule is NC(=O)c1ccc(S(=O)(=O)CCCC(F)(F)F)cc1. The summed E-state index contributed by atoms with van der Waals surface area (Å²) < 4.78 is 59.2. The zero-order valence-corrected chi connectivity index (χ0v) is 10.6. The van der Waals surface area contributed by atoms with Crippen LogP contribution < -0.4 is 5.73 Å². The molecular formula is C11H12F3NO3S. The molecule has 4 nitrogen and oxygen atoms in total. The quantitative estimate of drug-likeness (QED) is 0.901. The first-order chi connectivity index (χ1) is 8.62. The van der Waals surface area contributed by atoms with Crippen molar-refractivity contribution in [2.24, 2.45) is 5.73 Å². The molecule has 1 aromatic rings. The second-order valence-electron chi connectivity index (χ2n) is 3.93. The molecule has 0 saturated heterocycles. The minimum absolute atomic E-state index is 0.125. The molecule has 0 unspecified atom stereocenters. The van der Waals surface area contributed by atoms with Crippen molar-refractivity contribution in [3.05, 3.63) is 29.8 Å². The minimum Gasteiger partial charge on any atom is -0.366 e. The molecule has 0 atom stereocenters. The van der Waals surface area contributed by atoms with Gasteiger partial charge < -0.3 is 5.73 Å². The largest absolute Gasteiger partial charge is 0.389 e. The molecule has 0 radical (unpaired) electrons. The number of carbonyl (C=O) groups is 1. The molecule has 0 spiro atoms. The third-order valence-electron chi connectivity index (χ3n) is 2.37. The Bertz CT molecular complexity index is 550. The summed E-state index contributed by atoms with van der Waals surface area (Å²) in [4.78, 5) is 10.7. The molecule has 0 aromatic heterocycles. The first-order valence-corrected chi connectivity index (χ1v) is 6.96. The van der Waals surface area contributed by atoms with Gasteiger partial charge in [-0.3, -0.25) is 4.79 Å². The van der Waals surface area contributed by atoms with Gasteiger partial charge in [-0.1, -0.05) is 0 Å². The molecule has 0 aliphatic heterocycles. The Labute approximate surface area is 108 Å². The van der Waals surface area contributed by atoms with Gasteiger partial charge in [0.1, 0.15) is 0 Å². The van der Waals surface area contributed by atoms with Crippen LogP contribution in [-0.4, -0.2) is 26.3 Å². The normalized spacial score (nSPS) is 12.4. The summed E-state index contributed by atoms with van der Waals surface area (Å²) in [5.41, 5.74) is 5.12. The van der Waals surface area contributed by atoms with Crippen LogP contribution in [0.25, 0.3) is 0 Å². The summed E-state index contributed by atoms with van der Waals surface area (Å²) in [7, 11) is -3.78. The highest BCUT2D eigenvalue weighted by Crippen LogP contribution is 2.23. The Hall–Kier alpha value is -1.57. The van der Waals surface area contributed by atoms with Crippen molar-refractivity contribution in [3.63, 3.8) is 0 Å². The lowest BCUT2D eigenvalue weighted by molar-refractivity contribution is -0.134. The van der Waals surface area contributed by atoms with Crippen LogP contribution in [0.1, 0.15) is 23.2 Å². The molecule has 0 fully saturated rings. The number of hydrogen-bond donors (Lipinski definition) is 1. The molecule has 1 rings (SSSR count).